The Hall–Kier alpha value is -0.370. The molecule has 0 bridgehead atoms. The molecule has 0 heterocycles. The van der Waals surface area contributed by atoms with E-state index in [-0.39, 0.29) is 6.04 Å². The Morgan fingerprint density at radius 3 is 2.58 bits per heavy atom. The van der Waals surface area contributed by atoms with E-state index in [1.54, 1.807) is 0 Å². The smallest absolute Gasteiger partial charge is 0.136 e. The second kappa shape index (κ2) is 4.61. The van der Waals surface area contributed by atoms with Gasteiger partial charge in [0.1, 0.15) is 5.78 Å². The summed E-state index contributed by atoms with van der Waals surface area (Å²) in [6.07, 6.45) is 6.29. The fourth-order valence-electron chi connectivity index (χ4n) is 1.82. The van der Waals surface area contributed by atoms with Crippen molar-refractivity contribution < 1.29 is 4.79 Å². The van der Waals surface area contributed by atoms with Crippen LogP contribution in [0.1, 0.15) is 45.4 Å². The topological polar surface area (TPSA) is 43.1 Å². The summed E-state index contributed by atoms with van der Waals surface area (Å²) in [5.41, 5.74) is 5.59. The molecule has 2 nitrogen and oxygen atoms in total. The predicted molar refractivity (Wildman–Crippen MR) is 49.8 cm³/mol. The largest absolute Gasteiger partial charge is 0.328 e. The molecule has 70 valence electrons. The second-order valence-corrected chi connectivity index (χ2v) is 3.96. The minimum Gasteiger partial charge on any atom is -0.328 e. The van der Waals surface area contributed by atoms with Gasteiger partial charge in [0.05, 0.1) is 0 Å². The van der Waals surface area contributed by atoms with E-state index in [2.05, 4.69) is 0 Å². The van der Waals surface area contributed by atoms with Crippen molar-refractivity contribution in [2.75, 3.05) is 0 Å². The third-order valence-electron chi connectivity index (χ3n) is 2.66. The Balaban J connectivity index is 2.18. The van der Waals surface area contributed by atoms with Crippen molar-refractivity contribution in [1.29, 1.82) is 0 Å². The minimum atomic E-state index is 0.176. The van der Waals surface area contributed by atoms with Gasteiger partial charge in [-0.25, -0.2) is 0 Å². The number of rotatable bonds is 4. The zero-order valence-corrected chi connectivity index (χ0v) is 7.88. The van der Waals surface area contributed by atoms with Gasteiger partial charge < -0.3 is 5.73 Å². The molecule has 1 fully saturated rings. The Morgan fingerprint density at radius 1 is 1.50 bits per heavy atom. The standard InChI is InChI=1S/C10H19NO/c1-8(11)6-7-10(12)9-4-2-3-5-9/h8-9H,2-7,11H2,1H3. The Kier molecular flexibility index (Phi) is 3.73. The molecule has 0 spiro atoms. The summed E-state index contributed by atoms with van der Waals surface area (Å²) in [7, 11) is 0. The van der Waals surface area contributed by atoms with E-state index < -0.39 is 0 Å². The molecular weight excluding hydrogens is 150 g/mol. The SMILES string of the molecule is CC(N)CCC(=O)C1CCCC1. The molecule has 1 aliphatic carbocycles. The molecule has 0 aliphatic heterocycles. The van der Waals surface area contributed by atoms with Gasteiger partial charge in [-0.2, -0.15) is 0 Å². The third-order valence-corrected chi connectivity index (χ3v) is 2.66. The third kappa shape index (κ3) is 2.94. The lowest BCUT2D eigenvalue weighted by molar-refractivity contribution is -0.122. The second-order valence-electron chi connectivity index (χ2n) is 3.96. The van der Waals surface area contributed by atoms with Crippen LogP contribution in [0.4, 0.5) is 0 Å². The summed E-state index contributed by atoms with van der Waals surface area (Å²) in [6, 6.07) is 0.176. The van der Waals surface area contributed by atoms with E-state index in [1.165, 1.54) is 12.8 Å². The summed E-state index contributed by atoms with van der Waals surface area (Å²) in [6.45, 7) is 1.96. The number of nitrogens with two attached hydrogens (primary N) is 1. The van der Waals surface area contributed by atoms with Crippen molar-refractivity contribution in [1.82, 2.24) is 0 Å². The first-order valence-electron chi connectivity index (χ1n) is 4.98. The number of carbonyl (C=O) groups excluding carboxylic acids is 1. The van der Waals surface area contributed by atoms with E-state index >= 15 is 0 Å². The summed E-state index contributed by atoms with van der Waals surface area (Å²) in [5.74, 6) is 0.827. The van der Waals surface area contributed by atoms with Gasteiger partial charge in [-0.15, -0.1) is 0 Å². The number of Topliss-reactive ketones (excluding diaryl/α,β-unsaturated/α-hetero) is 1. The lowest BCUT2D eigenvalue weighted by Crippen LogP contribution is -2.18. The van der Waals surface area contributed by atoms with Gasteiger partial charge in [0.15, 0.2) is 0 Å². The molecule has 1 aliphatic rings. The summed E-state index contributed by atoms with van der Waals surface area (Å²) < 4.78 is 0. The van der Waals surface area contributed by atoms with Crippen LogP contribution < -0.4 is 5.73 Å². The average molecular weight is 169 g/mol. The maximum absolute atomic E-state index is 11.5. The summed E-state index contributed by atoms with van der Waals surface area (Å²) >= 11 is 0. The van der Waals surface area contributed by atoms with Crippen LogP contribution in [0.25, 0.3) is 0 Å². The first-order chi connectivity index (χ1) is 5.70. The van der Waals surface area contributed by atoms with Crippen LogP contribution in [-0.2, 0) is 4.79 Å². The van der Waals surface area contributed by atoms with Gasteiger partial charge in [-0.05, 0) is 26.2 Å². The molecular formula is C10H19NO. The number of ketones is 1. The van der Waals surface area contributed by atoms with Crippen LogP contribution in [-0.4, -0.2) is 11.8 Å². The highest BCUT2D eigenvalue weighted by Crippen LogP contribution is 2.26. The van der Waals surface area contributed by atoms with Crippen molar-refractivity contribution >= 4 is 5.78 Å². The molecule has 2 N–H and O–H groups in total. The predicted octanol–water partition coefficient (Wildman–Crippen LogP) is 1.87. The van der Waals surface area contributed by atoms with Crippen LogP contribution in [0, 0.1) is 5.92 Å². The first kappa shape index (κ1) is 9.72. The minimum absolute atomic E-state index is 0.176. The molecule has 0 radical (unpaired) electrons. The first-order valence-corrected chi connectivity index (χ1v) is 4.98. The van der Waals surface area contributed by atoms with E-state index in [0.29, 0.717) is 18.1 Å². The van der Waals surface area contributed by atoms with Crippen LogP contribution >= 0.6 is 0 Å². The molecule has 1 saturated carbocycles. The zero-order valence-electron chi connectivity index (χ0n) is 7.88. The molecule has 12 heavy (non-hydrogen) atoms. The highest BCUT2D eigenvalue weighted by molar-refractivity contribution is 5.81. The summed E-state index contributed by atoms with van der Waals surface area (Å²) in [4.78, 5) is 11.5. The fourth-order valence-corrected chi connectivity index (χ4v) is 1.82. The molecule has 0 amide bonds. The highest BCUT2D eigenvalue weighted by Gasteiger charge is 2.21. The highest BCUT2D eigenvalue weighted by atomic mass is 16.1. The van der Waals surface area contributed by atoms with Crippen LogP contribution in [0.5, 0.6) is 0 Å². The van der Waals surface area contributed by atoms with Crippen molar-refractivity contribution in [3.63, 3.8) is 0 Å². The van der Waals surface area contributed by atoms with Gasteiger partial charge in [-0.3, -0.25) is 4.79 Å². The normalized spacial score (nSPS) is 21.2. The van der Waals surface area contributed by atoms with Gasteiger partial charge in [-0.1, -0.05) is 12.8 Å². The number of hydrogen-bond donors (Lipinski definition) is 1. The molecule has 1 rings (SSSR count). The maximum Gasteiger partial charge on any atom is 0.136 e. The van der Waals surface area contributed by atoms with Gasteiger partial charge in [0.2, 0.25) is 0 Å². The molecule has 0 aromatic rings. The van der Waals surface area contributed by atoms with Crippen LogP contribution in [0.15, 0.2) is 0 Å². The van der Waals surface area contributed by atoms with E-state index in [4.69, 9.17) is 5.73 Å². The lowest BCUT2D eigenvalue weighted by Gasteiger charge is -2.08. The molecule has 1 unspecified atom stereocenters. The average Bonchev–Trinajstić information content (AvgIpc) is 2.51. The van der Waals surface area contributed by atoms with E-state index in [9.17, 15) is 4.79 Å². The maximum atomic E-state index is 11.5. The van der Waals surface area contributed by atoms with Crippen molar-refractivity contribution in [2.45, 2.75) is 51.5 Å². The quantitative estimate of drug-likeness (QED) is 0.698. The lowest BCUT2D eigenvalue weighted by atomic mass is 9.97. The van der Waals surface area contributed by atoms with Crippen molar-refractivity contribution in [3.8, 4) is 0 Å². The Morgan fingerprint density at radius 2 is 2.08 bits per heavy atom. The van der Waals surface area contributed by atoms with Gasteiger partial charge in [0, 0.05) is 18.4 Å². The van der Waals surface area contributed by atoms with Gasteiger partial charge in [0.25, 0.3) is 0 Å². The summed E-state index contributed by atoms with van der Waals surface area (Å²) in [5, 5.41) is 0. The Bertz CT molecular complexity index is 148. The van der Waals surface area contributed by atoms with Crippen LogP contribution in [0.3, 0.4) is 0 Å². The van der Waals surface area contributed by atoms with Crippen molar-refractivity contribution in [2.24, 2.45) is 11.7 Å². The van der Waals surface area contributed by atoms with Crippen molar-refractivity contribution in [3.05, 3.63) is 0 Å². The number of carbonyl (C=O) groups is 1. The van der Waals surface area contributed by atoms with E-state index in [0.717, 1.165) is 19.3 Å². The fraction of sp³-hybridized carbons (Fsp3) is 0.900. The zero-order chi connectivity index (χ0) is 8.97. The Labute approximate surface area is 74.5 Å². The van der Waals surface area contributed by atoms with Gasteiger partial charge >= 0.3 is 0 Å². The molecule has 0 saturated heterocycles. The molecule has 2 heteroatoms. The molecule has 1 atom stereocenters. The van der Waals surface area contributed by atoms with Crippen LogP contribution in [0.2, 0.25) is 0 Å². The number of hydrogen-bond acceptors (Lipinski definition) is 2. The molecule has 0 aromatic carbocycles. The monoisotopic (exact) mass is 169 g/mol. The molecule has 0 aromatic heterocycles. The van der Waals surface area contributed by atoms with E-state index in [1.807, 2.05) is 6.92 Å².